The third-order valence-corrected chi connectivity index (χ3v) is 3.09. The molecule has 0 atom stereocenters. The lowest BCUT2D eigenvalue weighted by Crippen LogP contribution is -2.36. The summed E-state index contributed by atoms with van der Waals surface area (Å²) < 4.78 is 0.956. The van der Waals surface area contributed by atoms with E-state index in [1.807, 2.05) is 19.9 Å². The van der Waals surface area contributed by atoms with Crippen LogP contribution in [0.3, 0.4) is 0 Å². The lowest BCUT2D eigenvalue weighted by Gasteiger charge is -2.06. The molecule has 0 heterocycles. The van der Waals surface area contributed by atoms with Crippen LogP contribution >= 0.6 is 15.9 Å². The number of halogens is 1. The summed E-state index contributed by atoms with van der Waals surface area (Å²) in [4.78, 5) is 22.9. The van der Waals surface area contributed by atoms with Crippen molar-refractivity contribution in [3.8, 4) is 0 Å². The van der Waals surface area contributed by atoms with Crippen molar-refractivity contribution in [2.45, 2.75) is 13.8 Å². The van der Waals surface area contributed by atoms with E-state index in [-0.39, 0.29) is 18.4 Å². The zero-order valence-corrected chi connectivity index (χ0v) is 11.4. The molecule has 17 heavy (non-hydrogen) atoms. The largest absolute Gasteiger partial charge is 0.355 e. The van der Waals surface area contributed by atoms with Crippen LogP contribution in [0.25, 0.3) is 0 Å². The molecule has 2 N–H and O–H groups in total. The van der Waals surface area contributed by atoms with Crippen LogP contribution in [0, 0.1) is 6.92 Å². The van der Waals surface area contributed by atoms with Crippen molar-refractivity contribution in [3.05, 3.63) is 33.8 Å². The number of hydrogen-bond acceptors (Lipinski definition) is 2. The molecule has 0 radical (unpaired) electrons. The highest BCUT2D eigenvalue weighted by Gasteiger charge is 2.08. The van der Waals surface area contributed by atoms with Gasteiger partial charge in [-0.1, -0.05) is 15.9 Å². The fourth-order valence-corrected chi connectivity index (χ4v) is 1.55. The van der Waals surface area contributed by atoms with Crippen molar-refractivity contribution in [1.29, 1.82) is 0 Å². The van der Waals surface area contributed by atoms with Gasteiger partial charge in [0.2, 0.25) is 5.91 Å². The Kier molecular flexibility index (Phi) is 5.15. The van der Waals surface area contributed by atoms with Gasteiger partial charge in [0.15, 0.2) is 0 Å². The number of rotatable bonds is 4. The van der Waals surface area contributed by atoms with Gasteiger partial charge in [-0.05, 0) is 37.6 Å². The van der Waals surface area contributed by atoms with E-state index in [4.69, 9.17) is 0 Å². The minimum absolute atomic E-state index is 0.00177. The average Bonchev–Trinajstić information content (AvgIpc) is 2.30. The van der Waals surface area contributed by atoms with Gasteiger partial charge in [0, 0.05) is 16.6 Å². The standard InChI is InChI=1S/C12H15BrN2O2/c1-3-14-11(16)7-15-12(17)9-4-5-10(13)8(2)6-9/h4-6H,3,7H2,1-2H3,(H,14,16)(H,15,17). The number of amides is 2. The van der Waals surface area contributed by atoms with Gasteiger partial charge >= 0.3 is 0 Å². The maximum absolute atomic E-state index is 11.7. The zero-order chi connectivity index (χ0) is 12.8. The fourth-order valence-electron chi connectivity index (χ4n) is 1.31. The van der Waals surface area contributed by atoms with E-state index in [0.29, 0.717) is 12.1 Å². The number of likely N-dealkylation sites (N-methyl/N-ethyl adjacent to an activating group) is 1. The van der Waals surface area contributed by atoms with Crippen LogP contribution in [0.1, 0.15) is 22.8 Å². The first-order chi connectivity index (χ1) is 8.04. The van der Waals surface area contributed by atoms with Gasteiger partial charge in [0.05, 0.1) is 6.54 Å². The summed E-state index contributed by atoms with van der Waals surface area (Å²) in [7, 11) is 0. The Balaban J connectivity index is 2.58. The van der Waals surface area contributed by atoms with Gasteiger partial charge in [-0.3, -0.25) is 9.59 Å². The Bertz CT molecular complexity index is 433. The lowest BCUT2D eigenvalue weighted by molar-refractivity contribution is -0.120. The molecule has 0 unspecified atom stereocenters. The first-order valence-corrected chi connectivity index (χ1v) is 6.15. The zero-order valence-electron chi connectivity index (χ0n) is 9.84. The van der Waals surface area contributed by atoms with Crippen molar-refractivity contribution in [2.24, 2.45) is 0 Å². The third kappa shape index (κ3) is 4.19. The molecule has 0 bridgehead atoms. The summed E-state index contributed by atoms with van der Waals surface area (Å²) in [6.45, 7) is 4.30. The first-order valence-electron chi connectivity index (χ1n) is 5.35. The molecular formula is C12H15BrN2O2. The summed E-state index contributed by atoms with van der Waals surface area (Å²) in [5.74, 6) is -0.429. The van der Waals surface area contributed by atoms with Crippen LogP contribution in [0.4, 0.5) is 0 Å². The molecule has 0 aliphatic carbocycles. The molecule has 0 saturated carbocycles. The number of carbonyl (C=O) groups is 2. The molecule has 0 saturated heterocycles. The van der Waals surface area contributed by atoms with E-state index in [0.717, 1.165) is 10.0 Å². The van der Waals surface area contributed by atoms with Crippen molar-refractivity contribution in [1.82, 2.24) is 10.6 Å². The van der Waals surface area contributed by atoms with Crippen molar-refractivity contribution in [2.75, 3.05) is 13.1 Å². The third-order valence-electron chi connectivity index (χ3n) is 2.20. The summed E-state index contributed by atoms with van der Waals surface area (Å²) >= 11 is 3.37. The molecule has 0 fully saturated rings. The molecule has 5 heteroatoms. The second kappa shape index (κ2) is 6.39. The highest BCUT2D eigenvalue weighted by molar-refractivity contribution is 9.10. The molecule has 0 spiro atoms. The highest BCUT2D eigenvalue weighted by Crippen LogP contribution is 2.16. The number of nitrogens with one attached hydrogen (secondary N) is 2. The molecule has 0 aromatic heterocycles. The van der Waals surface area contributed by atoms with E-state index in [1.165, 1.54) is 0 Å². The smallest absolute Gasteiger partial charge is 0.251 e. The quantitative estimate of drug-likeness (QED) is 0.887. The predicted octanol–water partition coefficient (Wildman–Crippen LogP) is 1.62. The van der Waals surface area contributed by atoms with Gasteiger partial charge in [-0.15, -0.1) is 0 Å². The first kappa shape index (κ1) is 13.7. The molecule has 1 rings (SSSR count). The monoisotopic (exact) mass is 298 g/mol. The number of benzene rings is 1. The van der Waals surface area contributed by atoms with Crippen LogP contribution in [0.15, 0.2) is 22.7 Å². The van der Waals surface area contributed by atoms with Crippen molar-refractivity contribution in [3.63, 3.8) is 0 Å². The van der Waals surface area contributed by atoms with E-state index in [2.05, 4.69) is 26.6 Å². The van der Waals surface area contributed by atoms with E-state index >= 15 is 0 Å². The fraction of sp³-hybridized carbons (Fsp3) is 0.333. The maximum Gasteiger partial charge on any atom is 0.251 e. The Morgan fingerprint density at radius 3 is 2.59 bits per heavy atom. The van der Waals surface area contributed by atoms with E-state index in [1.54, 1.807) is 12.1 Å². The van der Waals surface area contributed by atoms with Gasteiger partial charge < -0.3 is 10.6 Å². The van der Waals surface area contributed by atoms with Gasteiger partial charge in [-0.25, -0.2) is 0 Å². The van der Waals surface area contributed by atoms with Crippen LogP contribution in [0.5, 0.6) is 0 Å². The average molecular weight is 299 g/mol. The molecule has 0 aliphatic heterocycles. The van der Waals surface area contributed by atoms with Gasteiger partial charge in [0.25, 0.3) is 5.91 Å². The van der Waals surface area contributed by atoms with Crippen molar-refractivity contribution >= 4 is 27.7 Å². The second-order valence-electron chi connectivity index (χ2n) is 3.60. The lowest BCUT2D eigenvalue weighted by atomic mass is 10.1. The minimum atomic E-state index is -0.244. The SMILES string of the molecule is CCNC(=O)CNC(=O)c1ccc(Br)c(C)c1. The summed E-state index contributed by atoms with van der Waals surface area (Å²) in [6.07, 6.45) is 0. The second-order valence-corrected chi connectivity index (χ2v) is 4.45. The number of hydrogen-bond donors (Lipinski definition) is 2. The summed E-state index contributed by atoms with van der Waals surface area (Å²) in [5, 5.41) is 5.18. The minimum Gasteiger partial charge on any atom is -0.355 e. The number of carbonyl (C=O) groups excluding carboxylic acids is 2. The summed E-state index contributed by atoms with van der Waals surface area (Å²) in [6, 6.07) is 5.30. The summed E-state index contributed by atoms with van der Waals surface area (Å²) in [5.41, 5.74) is 1.53. The normalized spacial score (nSPS) is 9.82. The molecule has 2 amide bonds. The Morgan fingerprint density at radius 1 is 1.29 bits per heavy atom. The van der Waals surface area contributed by atoms with E-state index < -0.39 is 0 Å². The van der Waals surface area contributed by atoms with Crippen LogP contribution in [0.2, 0.25) is 0 Å². The van der Waals surface area contributed by atoms with Crippen LogP contribution in [-0.2, 0) is 4.79 Å². The molecular weight excluding hydrogens is 284 g/mol. The van der Waals surface area contributed by atoms with Crippen LogP contribution < -0.4 is 10.6 Å². The molecule has 92 valence electrons. The molecule has 0 aliphatic rings. The predicted molar refractivity (Wildman–Crippen MR) is 69.9 cm³/mol. The molecule has 1 aromatic carbocycles. The topological polar surface area (TPSA) is 58.2 Å². The Morgan fingerprint density at radius 2 is 2.00 bits per heavy atom. The molecule has 4 nitrogen and oxygen atoms in total. The van der Waals surface area contributed by atoms with Crippen molar-refractivity contribution < 1.29 is 9.59 Å². The molecule has 1 aromatic rings. The Hall–Kier alpha value is -1.36. The van der Waals surface area contributed by atoms with Gasteiger partial charge in [-0.2, -0.15) is 0 Å². The maximum atomic E-state index is 11.7. The van der Waals surface area contributed by atoms with E-state index in [9.17, 15) is 9.59 Å². The number of aryl methyl sites for hydroxylation is 1. The van der Waals surface area contributed by atoms with Gasteiger partial charge in [0.1, 0.15) is 0 Å². The van der Waals surface area contributed by atoms with Crippen LogP contribution in [-0.4, -0.2) is 24.9 Å². The highest BCUT2D eigenvalue weighted by atomic mass is 79.9. The Labute approximate surface area is 109 Å².